The molecule has 0 spiro atoms. The van der Waals surface area contributed by atoms with Crippen LogP contribution in [-0.2, 0) is 0 Å². The first-order valence-corrected chi connectivity index (χ1v) is 8.11. The van der Waals surface area contributed by atoms with Gasteiger partial charge >= 0.3 is 5.97 Å². The number of carboxylic acid groups (broad SMARTS) is 1. The van der Waals surface area contributed by atoms with Gasteiger partial charge in [0.05, 0.1) is 12.8 Å². The van der Waals surface area contributed by atoms with Gasteiger partial charge in [0.25, 0.3) is 0 Å². The monoisotopic (exact) mass is 365 g/mol. The molecule has 7 heteroatoms. The minimum Gasteiger partial charge on any atom is -0.507 e. The fourth-order valence-electron chi connectivity index (χ4n) is 2.70. The zero-order chi connectivity index (χ0) is 19.6. The Morgan fingerprint density at radius 3 is 2.33 bits per heavy atom. The van der Waals surface area contributed by atoms with E-state index in [1.165, 1.54) is 12.1 Å². The average Bonchev–Trinajstić information content (AvgIpc) is 2.67. The van der Waals surface area contributed by atoms with E-state index in [1.807, 2.05) is 36.2 Å². The highest BCUT2D eigenvalue weighted by atomic mass is 16.5. The number of phenolic OH excluding ortho intramolecular Hbond substituents is 1. The van der Waals surface area contributed by atoms with Gasteiger partial charge in [-0.1, -0.05) is 0 Å². The molecule has 0 bridgehead atoms. The van der Waals surface area contributed by atoms with Crippen molar-refractivity contribution in [3.05, 3.63) is 60.2 Å². The number of aromatic nitrogens is 1. The molecule has 4 N–H and O–H groups in total. The van der Waals surface area contributed by atoms with Gasteiger partial charge < -0.3 is 25.6 Å². The number of pyridine rings is 1. The van der Waals surface area contributed by atoms with Crippen LogP contribution >= 0.6 is 0 Å². The van der Waals surface area contributed by atoms with E-state index in [1.54, 1.807) is 25.3 Å². The second-order valence-electron chi connectivity index (χ2n) is 5.89. The van der Waals surface area contributed by atoms with Crippen LogP contribution in [0.2, 0.25) is 0 Å². The molecule has 1 heterocycles. The van der Waals surface area contributed by atoms with Crippen molar-refractivity contribution in [3.63, 3.8) is 0 Å². The maximum atomic E-state index is 11.1. The highest BCUT2D eigenvalue weighted by Gasteiger charge is 2.14. The molecule has 138 valence electrons. The van der Waals surface area contributed by atoms with Gasteiger partial charge in [-0.05, 0) is 54.6 Å². The van der Waals surface area contributed by atoms with E-state index in [4.69, 9.17) is 15.6 Å². The molecule has 1 aromatic heterocycles. The first kappa shape index (κ1) is 18.1. The molecule has 0 aliphatic heterocycles. The van der Waals surface area contributed by atoms with Crippen molar-refractivity contribution in [3.8, 4) is 22.8 Å². The number of ether oxygens (including phenoxy) is 1. The van der Waals surface area contributed by atoms with E-state index in [2.05, 4.69) is 4.98 Å². The lowest BCUT2D eigenvalue weighted by atomic mass is 10.1. The molecule has 0 fully saturated rings. The van der Waals surface area contributed by atoms with Crippen molar-refractivity contribution in [2.75, 3.05) is 24.8 Å². The summed E-state index contributed by atoms with van der Waals surface area (Å²) in [6, 6.07) is 15.6. The number of rotatable bonds is 5. The summed E-state index contributed by atoms with van der Waals surface area (Å²) in [5, 5.41) is 19.3. The van der Waals surface area contributed by atoms with Gasteiger partial charge in [0, 0.05) is 24.0 Å². The number of anilines is 3. The fraction of sp³-hybridized carbons (Fsp3) is 0.100. The third-order valence-corrected chi connectivity index (χ3v) is 4.26. The zero-order valence-electron chi connectivity index (χ0n) is 14.9. The van der Waals surface area contributed by atoms with E-state index in [0.29, 0.717) is 11.3 Å². The van der Waals surface area contributed by atoms with Gasteiger partial charge in [0.2, 0.25) is 0 Å². The maximum Gasteiger partial charge on any atom is 0.339 e. The number of phenols is 1. The third-order valence-electron chi connectivity index (χ3n) is 4.26. The summed E-state index contributed by atoms with van der Waals surface area (Å²) < 4.78 is 5.17. The normalized spacial score (nSPS) is 10.4. The number of nitrogens with two attached hydrogens (primary N) is 1. The van der Waals surface area contributed by atoms with E-state index < -0.39 is 5.97 Å². The van der Waals surface area contributed by atoms with Crippen molar-refractivity contribution in [2.24, 2.45) is 0 Å². The summed E-state index contributed by atoms with van der Waals surface area (Å²) in [6.07, 6.45) is 0. The summed E-state index contributed by atoms with van der Waals surface area (Å²) in [4.78, 5) is 17.2. The average molecular weight is 365 g/mol. The first-order valence-electron chi connectivity index (χ1n) is 8.11. The van der Waals surface area contributed by atoms with Gasteiger partial charge in [-0.25, -0.2) is 9.78 Å². The molecule has 0 radical (unpaired) electrons. The lowest BCUT2D eigenvalue weighted by Gasteiger charge is -2.21. The second-order valence-corrected chi connectivity index (χ2v) is 5.89. The lowest BCUT2D eigenvalue weighted by molar-refractivity contribution is 0.0697. The van der Waals surface area contributed by atoms with Crippen LogP contribution in [0.1, 0.15) is 10.4 Å². The summed E-state index contributed by atoms with van der Waals surface area (Å²) >= 11 is 0. The summed E-state index contributed by atoms with van der Waals surface area (Å²) in [6.45, 7) is 0. The number of nitrogen functional groups attached to an aromatic ring is 1. The number of hydrogen-bond acceptors (Lipinski definition) is 6. The highest BCUT2D eigenvalue weighted by Crippen LogP contribution is 2.35. The van der Waals surface area contributed by atoms with Crippen LogP contribution in [-0.4, -0.2) is 35.3 Å². The van der Waals surface area contributed by atoms with Gasteiger partial charge in [0.1, 0.15) is 22.9 Å². The molecule has 2 aromatic carbocycles. The van der Waals surface area contributed by atoms with E-state index in [-0.39, 0.29) is 17.1 Å². The molecule has 0 saturated carbocycles. The highest BCUT2D eigenvalue weighted by molar-refractivity contribution is 5.93. The maximum absolute atomic E-state index is 11.1. The van der Waals surface area contributed by atoms with Gasteiger partial charge in [-0.2, -0.15) is 0 Å². The molecule has 0 amide bonds. The minimum absolute atomic E-state index is 0.0249. The Labute approximate surface area is 156 Å². The van der Waals surface area contributed by atoms with E-state index in [9.17, 15) is 9.90 Å². The molecule has 0 unspecified atom stereocenters. The summed E-state index contributed by atoms with van der Waals surface area (Å²) in [7, 11) is 3.51. The smallest absolute Gasteiger partial charge is 0.339 e. The SMILES string of the molecule is COc1ccc(N(C)c2ccc(O)c(-c3ccc(C(=O)O)c(N)n3)c2)cc1. The minimum atomic E-state index is -1.15. The molecular weight excluding hydrogens is 346 g/mol. The molecule has 0 atom stereocenters. The standard InChI is InChI=1S/C20H19N3O4/c1-23(12-3-6-14(27-2)7-4-12)13-5-10-18(24)16(11-13)17-9-8-15(20(25)26)19(21)22-17/h3-11,24H,1-2H3,(H2,21,22)(H,25,26). The van der Waals surface area contributed by atoms with Crippen LogP contribution < -0.4 is 15.4 Å². The van der Waals surface area contributed by atoms with Crippen LogP contribution in [0.3, 0.4) is 0 Å². The number of aromatic hydroxyl groups is 1. The number of methoxy groups -OCH3 is 1. The van der Waals surface area contributed by atoms with Crippen molar-refractivity contribution in [1.82, 2.24) is 4.98 Å². The predicted octanol–water partition coefficient (Wildman–Crippen LogP) is 3.51. The van der Waals surface area contributed by atoms with Crippen molar-refractivity contribution in [2.45, 2.75) is 0 Å². The van der Waals surface area contributed by atoms with Crippen LogP contribution in [0, 0.1) is 0 Å². The Kier molecular flexibility index (Phi) is 4.85. The summed E-state index contributed by atoms with van der Waals surface area (Å²) in [5.74, 6) is -0.467. The Bertz CT molecular complexity index is 987. The quantitative estimate of drug-likeness (QED) is 0.635. The predicted molar refractivity (Wildman–Crippen MR) is 104 cm³/mol. The van der Waals surface area contributed by atoms with E-state index >= 15 is 0 Å². The lowest BCUT2D eigenvalue weighted by Crippen LogP contribution is -2.09. The second kappa shape index (κ2) is 7.25. The fourth-order valence-corrected chi connectivity index (χ4v) is 2.70. The van der Waals surface area contributed by atoms with Gasteiger partial charge in [0.15, 0.2) is 0 Å². The van der Waals surface area contributed by atoms with E-state index in [0.717, 1.165) is 17.1 Å². The molecule has 0 aliphatic rings. The molecular formula is C20H19N3O4. The van der Waals surface area contributed by atoms with Gasteiger partial charge in [-0.15, -0.1) is 0 Å². The van der Waals surface area contributed by atoms with Crippen molar-refractivity contribution in [1.29, 1.82) is 0 Å². The van der Waals surface area contributed by atoms with Crippen LogP contribution in [0.25, 0.3) is 11.3 Å². The number of nitrogens with zero attached hydrogens (tertiary/aromatic N) is 2. The first-order chi connectivity index (χ1) is 12.9. The third kappa shape index (κ3) is 3.62. The molecule has 3 rings (SSSR count). The molecule has 0 aliphatic carbocycles. The van der Waals surface area contributed by atoms with Crippen molar-refractivity contribution < 1.29 is 19.7 Å². The van der Waals surface area contributed by atoms with Crippen LogP contribution in [0.4, 0.5) is 17.2 Å². The zero-order valence-corrected chi connectivity index (χ0v) is 14.9. The largest absolute Gasteiger partial charge is 0.507 e. The molecule has 3 aromatic rings. The molecule has 27 heavy (non-hydrogen) atoms. The topological polar surface area (TPSA) is 109 Å². The Morgan fingerprint density at radius 2 is 1.74 bits per heavy atom. The Hall–Kier alpha value is -3.74. The van der Waals surface area contributed by atoms with Gasteiger partial charge in [-0.3, -0.25) is 0 Å². The number of aromatic carboxylic acids is 1. The number of carbonyl (C=O) groups is 1. The Balaban J connectivity index is 1.98. The van der Waals surface area contributed by atoms with Crippen LogP contribution in [0.15, 0.2) is 54.6 Å². The summed E-state index contributed by atoms with van der Waals surface area (Å²) in [5.41, 5.74) is 8.24. The molecule has 0 saturated heterocycles. The van der Waals surface area contributed by atoms with Crippen LogP contribution in [0.5, 0.6) is 11.5 Å². The Morgan fingerprint density at radius 1 is 1.07 bits per heavy atom. The number of carboxylic acids is 1. The number of benzene rings is 2. The van der Waals surface area contributed by atoms with Crippen molar-refractivity contribution >= 4 is 23.2 Å². The molecule has 7 nitrogen and oxygen atoms in total. The number of hydrogen-bond donors (Lipinski definition) is 3.